The number of amides is 1. The number of hydrogen-bond donors (Lipinski definition) is 3. The van der Waals surface area contributed by atoms with Gasteiger partial charge in [-0.25, -0.2) is 0 Å². The normalized spacial score (nSPS) is 30.1. The number of carbonyl (C=O) groups excluding carboxylic acids is 1. The maximum absolute atomic E-state index is 11.9. The summed E-state index contributed by atoms with van der Waals surface area (Å²) in [6, 6.07) is 0.758. The summed E-state index contributed by atoms with van der Waals surface area (Å²) in [7, 11) is 1.77. The predicted molar refractivity (Wildman–Crippen MR) is 101 cm³/mol. The van der Waals surface area contributed by atoms with Crippen molar-refractivity contribution in [3.05, 3.63) is 0 Å². The molecular weight excluding hydrogens is 407 g/mol. The van der Waals surface area contributed by atoms with Gasteiger partial charge in [0.1, 0.15) is 0 Å². The molecule has 0 aromatic heterocycles. The predicted octanol–water partition coefficient (Wildman–Crippen LogP) is 1.54. The highest BCUT2D eigenvalue weighted by Crippen LogP contribution is 2.34. The average molecular weight is 436 g/mol. The van der Waals surface area contributed by atoms with Crippen molar-refractivity contribution in [2.24, 2.45) is 4.99 Å². The van der Waals surface area contributed by atoms with Gasteiger partial charge in [0.2, 0.25) is 5.91 Å². The lowest BCUT2D eigenvalue weighted by atomic mass is 9.96. The van der Waals surface area contributed by atoms with Crippen molar-refractivity contribution in [2.45, 2.75) is 75.7 Å². The molecule has 3 unspecified atom stereocenters. The van der Waals surface area contributed by atoms with E-state index >= 15 is 0 Å². The molecule has 132 valence electrons. The van der Waals surface area contributed by atoms with E-state index in [0.717, 1.165) is 31.6 Å². The van der Waals surface area contributed by atoms with Gasteiger partial charge >= 0.3 is 0 Å². The summed E-state index contributed by atoms with van der Waals surface area (Å²) in [5, 5.41) is 9.77. The molecule has 1 saturated carbocycles. The van der Waals surface area contributed by atoms with Crippen molar-refractivity contribution in [3.8, 4) is 0 Å². The van der Waals surface area contributed by atoms with Crippen LogP contribution in [0.1, 0.15) is 51.4 Å². The summed E-state index contributed by atoms with van der Waals surface area (Å²) in [5.41, 5.74) is 0. The number of ether oxygens (including phenoxy) is 1. The summed E-state index contributed by atoms with van der Waals surface area (Å²) in [6.45, 7) is 0.611. The highest BCUT2D eigenvalue weighted by atomic mass is 127. The molecule has 0 aromatic carbocycles. The lowest BCUT2D eigenvalue weighted by Crippen LogP contribution is -2.48. The minimum absolute atomic E-state index is 0. The summed E-state index contributed by atoms with van der Waals surface area (Å²) < 4.78 is 5.84. The third-order valence-corrected chi connectivity index (χ3v) is 5.02. The van der Waals surface area contributed by atoms with Gasteiger partial charge < -0.3 is 20.7 Å². The number of hydrogen-bond acceptors (Lipinski definition) is 3. The minimum Gasteiger partial charge on any atom is -0.373 e. The molecule has 23 heavy (non-hydrogen) atoms. The number of guanidine groups is 1. The molecule has 1 amide bonds. The Hall–Kier alpha value is -0.570. The van der Waals surface area contributed by atoms with Crippen LogP contribution in [0.3, 0.4) is 0 Å². The monoisotopic (exact) mass is 436 g/mol. The fraction of sp³-hybridized carbons (Fsp3) is 0.875. The highest BCUT2D eigenvalue weighted by molar-refractivity contribution is 14.0. The minimum atomic E-state index is 0. The number of rotatable bonds is 5. The molecule has 0 radical (unpaired) electrons. The van der Waals surface area contributed by atoms with Gasteiger partial charge in [-0.15, -0.1) is 24.0 Å². The summed E-state index contributed by atoms with van der Waals surface area (Å²) in [4.78, 5) is 16.1. The van der Waals surface area contributed by atoms with Gasteiger partial charge in [-0.3, -0.25) is 9.79 Å². The van der Waals surface area contributed by atoms with E-state index in [9.17, 15) is 4.79 Å². The second-order valence-electron chi connectivity index (χ2n) is 6.66. The maximum atomic E-state index is 11.9. The van der Waals surface area contributed by atoms with Crippen LogP contribution in [0.15, 0.2) is 4.99 Å². The van der Waals surface area contributed by atoms with Gasteiger partial charge in [0.05, 0.1) is 18.2 Å². The first-order valence-electron chi connectivity index (χ1n) is 8.66. The van der Waals surface area contributed by atoms with Crippen LogP contribution in [0.25, 0.3) is 0 Å². The highest BCUT2D eigenvalue weighted by Gasteiger charge is 2.41. The average Bonchev–Trinajstić information content (AvgIpc) is 3.23. The third kappa shape index (κ3) is 5.20. The molecule has 3 rings (SSSR count). The van der Waals surface area contributed by atoms with Gasteiger partial charge in [-0.2, -0.15) is 0 Å². The number of carbonyl (C=O) groups is 1. The largest absolute Gasteiger partial charge is 0.373 e. The summed E-state index contributed by atoms with van der Waals surface area (Å²) in [6.07, 6.45) is 9.39. The zero-order valence-corrected chi connectivity index (χ0v) is 16.2. The smallest absolute Gasteiger partial charge is 0.221 e. The van der Waals surface area contributed by atoms with Crippen molar-refractivity contribution >= 4 is 35.8 Å². The summed E-state index contributed by atoms with van der Waals surface area (Å²) in [5.74, 6) is 0.910. The van der Waals surface area contributed by atoms with E-state index in [0.29, 0.717) is 37.3 Å². The zero-order chi connectivity index (χ0) is 15.4. The Bertz CT molecular complexity index is 426. The number of halogens is 1. The van der Waals surface area contributed by atoms with Crippen LogP contribution in [0, 0.1) is 0 Å². The van der Waals surface area contributed by atoms with Gasteiger partial charge in [-0.05, 0) is 32.1 Å². The lowest BCUT2D eigenvalue weighted by Gasteiger charge is -2.22. The molecule has 2 aliphatic heterocycles. The molecule has 0 aromatic rings. The molecule has 0 spiro atoms. The van der Waals surface area contributed by atoms with Crippen LogP contribution in [-0.4, -0.2) is 49.8 Å². The molecule has 3 fully saturated rings. The lowest BCUT2D eigenvalue weighted by molar-refractivity contribution is -0.121. The summed E-state index contributed by atoms with van der Waals surface area (Å²) >= 11 is 0. The molecule has 3 atom stereocenters. The van der Waals surface area contributed by atoms with E-state index in [1.54, 1.807) is 7.05 Å². The molecular formula is C16H29IN4O2. The molecule has 3 N–H and O–H groups in total. The molecule has 2 heterocycles. The van der Waals surface area contributed by atoms with Crippen molar-refractivity contribution in [3.63, 3.8) is 0 Å². The van der Waals surface area contributed by atoms with Crippen molar-refractivity contribution < 1.29 is 9.53 Å². The van der Waals surface area contributed by atoms with Crippen LogP contribution in [0.5, 0.6) is 0 Å². The Kier molecular flexibility index (Phi) is 7.39. The van der Waals surface area contributed by atoms with Crippen LogP contribution < -0.4 is 16.0 Å². The first-order valence-corrected chi connectivity index (χ1v) is 8.66. The van der Waals surface area contributed by atoms with Crippen LogP contribution in [0.4, 0.5) is 0 Å². The van der Waals surface area contributed by atoms with Crippen molar-refractivity contribution in [1.82, 2.24) is 16.0 Å². The Morgan fingerprint density at radius 2 is 1.96 bits per heavy atom. The van der Waals surface area contributed by atoms with Gasteiger partial charge in [0.15, 0.2) is 5.96 Å². The molecule has 3 aliphatic rings. The molecule has 7 heteroatoms. The standard InChI is InChI=1S/C16H28N4O2.HI/c1-17-16(20-13-10-12-6-7-14(13)22-12)18-9-8-15(21)19-11-4-2-3-5-11;/h11-14H,2-10H2,1H3,(H,19,21)(H2,17,18,20);1H. The maximum Gasteiger partial charge on any atom is 0.221 e. The quantitative estimate of drug-likeness (QED) is 0.347. The topological polar surface area (TPSA) is 74.8 Å². The molecule has 1 aliphatic carbocycles. The fourth-order valence-electron chi connectivity index (χ4n) is 3.82. The molecule has 2 saturated heterocycles. The number of nitrogens with one attached hydrogen (secondary N) is 3. The molecule has 2 bridgehead atoms. The first kappa shape index (κ1) is 18.8. The first-order chi connectivity index (χ1) is 10.7. The third-order valence-electron chi connectivity index (χ3n) is 5.02. The van der Waals surface area contributed by atoms with Crippen molar-refractivity contribution in [2.75, 3.05) is 13.6 Å². The van der Waals surface area contributed by atoms with E-state index in [1.807, 2.05) is 0 Å². The van der Waals surface area contributed by atoms with Crippen molar-refractivity contribution in [1.29, 1.82) is 0 Å². The zero-order valence-electron chi connectivity index (χ0n) is 13.8. The van der Waals surface area contributed by atoms with Crippen LogP contribution in [-0.2, 0) is 9.53 Å². The Balaban J connectivity index is 0.00000192. The Labute approximate surface area is 155 Å². The van der Waals surface area contributed by atoms with E-state index in [1.165, 1.54) is 19.3 Å². The van der Waals surface area contributed by atoms with Crippen LogP contribution >= 0.6 is 24.0 Å². The van der Waals surface area contributed by atoms with Crippen LogP contribution in [0.2, 0.25) is 0 Å². The Morgan fingerprint density at radius 1 is 1.17 bits per heavy atom. The Morgan fingerprint density at radius 3 is 2.57 bits per heavy atom. The second-order valence-corrected chi connectivity index (χ2v) is 6.66. The van der Waals surface area contributed by atoms with E-state index in [-0.39, 0.29) is 29.9 Å². The number of nitrogens with zero attached hydrogens (tertiary/aromatic N) is 1. The number of fused-ring (bicyclic) bond motifs is 2. The van der Waals surface area contributed by atoms with E-state index in [2.05, 4.69) is 20.9 Å². The van der Waals surface area contributed by atoms with Gasteiger partial charge in [0, 0.05) is 26.1 Å². The second kappa shape index (κ2) is 9.05. The van der Waals surface area contributed by atoms with Gasteiger partial charge in [0.25, 0.3) is 0 Å². The number of aliphatic imine (C=N–C) groups is 1. The fourth-order valence-corrected chi connectivity index (χ4v) is 3.82. The molecule has 6 nitrogen and oxygen atoms in total. The van der Waals surface area contributed by atoms with E-state index < -0.39 is 0 Å². The van der Waals surface area contributed by atoms with Gasteiger partial charge in [-0.1, -0.05) is 12.8 Å². The SMILES string of the molecule is CN=C(NCCC(=O)NC1CCCC1)NC1CC2CCC1O2.I. The van der Waals surface area contributed by atoms with E-state index in [4.69, 9.17) is 4.74 Å².